The van der Waals surface area contributed by atoms with E-state index in [0.29, 0.717) is 5.41 Å². The van der Waals surface area contributed by atoms with E-state index in [1.165, 1.54) is 54.5 Å². The van der Waals surface area contributed by atoms with Crippen LogP contribution >= 0.6 is 0 Å². The van der Waals surface area contributed by atoms with Gasteiger partial charge in [0.05, 0.1) is 0 Å². The summed E-state index contributed by atoms with van der Waals surface area (Å²) in [4.78, 5) is 0. The zero-order chi connectivity index (χ0) is 18.1. The number of rotatable bonds is 3. The highest BCUT2D eigenvalue weighted by Crippen LogP contribution is 2.47. The van der Waals surface area contributed by atoms with Crippen LogP contribution in [0.15, 0.2) is 72.8 Å². The Bertz CT molecular complexity index is 919. The van der Waals surface area contributed by atoms with E-state index in [0.717, 1.165) is 18.0 Å². The molecule has 0 radical (unpaired) electrons. The number of fused-ring (bicyclic) bond motifs is 2. The van der Waals surface area contributed by atoms with Gasteiger partial charge in [-0.05, 0) is 65.9 Å². The minimum absolute atomic E-state index is 0.361. The van der Waals surface area contributed by atoms with Gasteiger partial charge in [-0.1, -0.05) is 55.7 Å². The van der Waals surface area contributed by atoms with Gasteiger partial charge in [0.15, 0.2) is 0 Å². The fraction of sp³-hybridized carbons (Fsp3) is 0.280. The number of ether oxygens (including phenoxy) is 1. The summed E-state index contributed by atoms with van der Waals surface area (Å²) in [5, 5.41) is 3.66. The summed E-state index contributed by atoms with van der Waals surface area (Å²) in [7, 11) is 0. The van der Waals surface area contributed by atoms with Crippen LogP contribution in [-0.4, -0.2) is 6.54 Å². The Hall–Kier alpha value is -2.74. The van der Waals surface area contributed by atoms with Crippen molar-refractivity contribution in [3.8, 4) is 22.6 Å². The third-order valence-corrected chi connectivity index (χ3v) is 6.19. The van der Waals surface area contributed by atoms with Gasteiger partial charge >= 0.3 is 0 Å². The fourth-order valence-electron chi connectivity index (χ4n) is 4.69. The maximum absolute atomic E-state index is 5.92. The van der Waals surface area contributed by atoms with Gasteiger partial charge in [0.1, 0.15) is 11.5 Å². The van der Waals surface area contributed by atoms with Crippen LogP contribution in [0.5, 0.6) is 11.5 Å². The number of nitrogens with one attached hydrogen (secondary N) is 1. The van der Waals surface area contributed by atoms with Gasteiger partial charge in [0.25, 0.3) is 0 Å². The summed E-state index contributed by atoms with van der Waals surface area (Å²) in [6, 6.07) is 25.3. The van der Waals surface area contributed by atoms with Crippen LogP contribution in [-0.2, 0) is 5.41 Å². The first-order valence-corrected chi connectivity index (χ1v) is 10.0. The number of para-hydroxylation sites is 1. The molecule has 2 aliphatic rings. The van der Waals surface area contributed by atoms with Crippen molar-refractivity contribution in [3.05, 3.63) is 78.4 Å². The Morgan fingerprint density at radius 2 is 1.41 bits per heavy atom. The average molecular weight is 355 g/mol. The van der Waals surface area contributed by atoms with E-state index in [1.807, 2.05) is 30.3 Å². The average Bonchev–Trinajstić information content (AvgIpc) is 3.07. The van der Waals surface area contributed by atoms with E-state index in [-0.39, 0.29) is 0 Å². The second-order valence-electron chi connectivity index (χ2n) is 7.89. The SMILES string of the molecule is c1ccc(Oc2ccc(-c3ccc4c(c3)C3(CCCCC3)CN4)cc2)cc1. The first-order valence-electron chi connectivity index (χ1n) is 10.0. The number of hydrogen-bond acceptors (Lipinski definition) is 2. The minimum Gasteiger partial charge on any atom is -0.457 e. The van der Waals surface area contributed by atoms with Gasteiger partial charge in [-0.15, -0.1) is 0 Å². The molecule has 1 saturated carbocycles. The Morgan fingerprint density at radius 1 is 0.704 bits per heavy atom. The topological polar surface area (TPSA) is 21.3 Å². The van der Waals surface area contributed by atoms with Crippen LogP contribution in [0.3, 0.4) is 0 Å². The molecule has 1 aliphatic carbocycles. The summed E-state index contributed by atoms with van der Waals surface area (Å²) in [5.74, 6) is 1.74. The molecular weight excluding hydrogens is 330 g/mol. The van der Waals surface area contributed by atoms with Gasteiger partial charge < -0.3 is 10.1 Å². The Morgan fingerprint density at radius 3 is 2.19 bits per heavy atom. The highest BCUT2D eigenvalue weighted by atomic mass is 16.5. The summed E-state index contributed by atoms with van der Waals surface area (Å²) < 4.78 is 5.92. The minimum atomic E-state index is 0.361. The van der Waals surface area contributed by atoms with Gasteiger partial charge in [0.2, 0.25) is 0 Å². The normalized spacial score (nSPS) is 17.3. The van der Waals surface area contributed by atoms with Crippen molar-refractivity contribution in [2.75, 3.05) is 11.9 Å². The van der Waals surface area contributed by atoms with Crippen molar-refractivity contribution < 1.29 is 4.74 Å². The van der Waals surface area contributed by atoms with Crippen LogP contribution in [0, 0.1) is 0 Å². The smallest absolute Gasteiger partial charge is 0.127 e. The molecule has 0 saturated heterocycles. The van der Waals surface area contributed by atoms with Crippen LogP contribution in [0.4, 0.5) is 5.69 Å². The lowest BCUT2D eigenvalue weighted by Gasteiger charge is -2.33. The van der Waals surface area contributed by atoms with Crippen molar-refractivity contribution >= 4 is 5.69 Å². The molecule has 27 heavy (non-hydrogen) atoms. The standard InChI is InChI=1S/C25H25NO/c1-3-7-21(8-4-1)27-22-12-9-19(10-13-22)20-11-14-24-23(17-20)25(18-26-24)15-5-2-6-16-25/h1,3-4,7-14,17,26H,2,5-6,15-16,18H2. The molecule has 3 aromatic rings. The predicted molar refractivity (Wildman–Crippen MR) is 112 cm³/mol. The molecule has 1 fully saturated rings. The first-order chi connectivity index (χ1) is 13.3. The highest BCUT2D eigenvalue weighted by molar-refractivity contribution is 5.72. The largest absolute Gasteiger partial charge is 0.457 e. The molecule has 0 bridgehead atoms. The lowest BCUT2D eigenvalue weighted by Crippen LogP contribution is -2.30. The summed E-state index contributed by atoms with van der Waals surface area (Å²) in [6.45, 7) is 1.11. The molecule has 136 valence electrons. The Kier molecular flexibility index (Phi) is 4.12. The van der Waals surface area contributed by atoms with Crippen LogP contribution in [0.2, 0.25) is 0 Å². The third-order valence-electron chi connectivity index (χ3n) is 6.19. The highest BCUT2D eigenvalue weighted by Gasteiger charge is 2.39. The Labute approximate surface area is 161 Å². The molecule has 0 aromatic heterocycles. The van der Waals surface area contributed by atoms with Crippen molar-refractivity contribution in [2.45, 2.75) is 37.5 Å². The lowest BCUT2D eigenvalue weighted by atomic mass is 9.70. The van der Waals surface area contributed by atoms with E-state index in [1.54, 1.807) is 0 Å². The molecule has 0 atom stereocenters. The van der Waals surface area contributed by atoms with Crippen LogP contribution in [0.25, 0.3) is 11.1 Å². The first kappa shape index (κ1) is 16.4. The monoisotopic (exact) mass is 355 g/mol. The molecule has 2 heteroatoms. The maximum Gasteiger partial charge on any atom is 0.127 e. The molecule has 1 N–H and O–H groups in total. The van der Waals surface area contributed by atoms with Gasteiger partial charge in [0, 0.05) is 17.6 Å². The fourth-order valence-corrected chi connectivity index (χ4v) is 4.69. The molecule has 5 rings (SSSR count). The van der Waals surface area contributed by atoms with Crippen molar-refractivity contribution in [1.29, 1.82) is 0 Å². The molecule has 3 aromatic carbocycles. The van der Waals surface area contributed by atoms with Crippen molar-refractivity contribution in [2.24, 2.45) is 0 Å². The molecule has 2 nitrogen and oxygen atoms in total. The maximum atomic E-state index is 5.92. The summed E-state index contributed by atoms with van der Waals surface area (Å²) >= 11 is 0. The second kappa shape index (κ2) is 6.77. The molecule has 1 aliphatic heterocycles. The van der Waals surface area contributed by atoms with Gasteiger partial charge in [-0.2, -0.15) is 0 Å². The van der Waals surface area contributed by atoms with E-state index >= 15 is 0 Å². The van der Waals surface area contributed by atoms with Crippen molar-refractivity contribution in [1.82, 2.24) is 0 Å². The van der Waals surface area contributed by atoms with E-state index in [4.69, 9.17) is 4.74 Å². The number of anilines is 1. The molecule has 1 spiro atoms. The quantitative estimate of drug-likeness (QED) is 0.559. The summed E-state index contributed by atoms with van der Waals surface area (Å²) in [5.41, 5.74) is 5.78. The van der Waals surface area contributed by atoms with E-state index in [9.17, 15) is 0 Å². The summed E-state index contributed by atoms with van der Waals surface area (Å²) in [6.07, 6.45) is 6.74. The van der Waals surface area contributed by atoms with Crippen molar-refractivity contribution in [3.63, 3.8) is 0 Å². The zero-order valence-electron chi connectivity index (χ0n) is 15.6. The van der Waals surface area contributed by atoms with E-state index < -0.39 is 0 Å². The number of hydrogen-bond donors (Lipinski definition) is 1. The third kappa shape index (κ3) is 3.10. The zero-order valence-corrected chi connectivity index (χ0v) is 15.6. The molecule has 1 heterocycles. The Balaban J connectivity index is 1.41. The molecular formula is C25H25NO. The lowest BCUT2D eigenvalue weighted by molar-refractivity contribution is 0.319. The van der Waals surface area contributed by atoms with Gasteiger partial charge in [-0.25, -0.2) is 0 Å². The van der Waals surface area contributed by atoms with E-state index in [2.05, 4.69) is 47.8 Å². The number of benzene rings is 3. The molecule has 0 amide bonds. The predicted octanol–water partition coefficient (Wildman–Crippen LogP) is 6.77. The van der Waals surface area contributed by atoms with Gasteiger partial charge in [-0.3, -0.25) is 0 Å². The van der Waals surface area contributed by atoms with Crippen LogP contribution < -0.4 is 10.1 Å². The second-order valence-corrected chi connectivity index (χ2v) is 7.89. The molecule has 0 unspecified atom stereocenters. The van der Waals surface area contributed by atoms with Crippen LogP contribution in [0.1, 0.15) is 37.7 Å².